The number of nitrogens with zero attached hydrogens (tertiary/aromatic N) is 3. The van der Waals surface area contributed by atoms with Crippen LogP contribution in [0.15, 0.2) is 77.7 Å². The predicted molar refractivity (Wildman–Crippen MR) is 120 cm³/mol. The van der Waals surface area contributed by atoms with Gasteiger partial charge in [0.25, 0.3) is 0 Å². The molecule has 0 bridgehead atoms. The van der Waals surface area contributed by atoms with Crippen LogP contribution in [-0.4, -0.2) is 27.0 Å². The fourth-order valence-corrected chi connectivity index (χ4v) is 3.67. The second kappa shape index (κ2) is 8.92. The van der Waals surface area contributed by atoms with E-state index in [1.54, 1.807) is 41.1 Å². The Kier molecular flexibility index (Phi) is 6.08. The van der Waals surface area contributed by atoms with Crippen molar-refractivity contribution >= 4 is 40.9 Å². The molecular formula is C22H15Cl2N3O2S. The highest BCUT2D eigenvalue weighted by molar-refractivity contribution is 7.98. The van der Waals surface area contributed by atoms with Gasteiger partial charge >= 0.3 is 12.0 Å². The lowest BCUT2D eigenvalue weighted by Gasteiger charge is -2.06. The van der Waals surface area contributed by atoms with Crippen LogP contribution in [0, 0.1) is 0 Å². The second-order valence-electron chi connectivity index (χ2n) is 6.20. The molecule has 30 heavy (non-hydrogen) atoms. The average Bonchev–Trinajstić information content (AvgIpc) is 3.18. The molecule has 4 rings (SSSR count). The SMILES string of the molecule is CSc1ccccc1C(=O)Oc1nc(-c2ccc(Cl)cc2)n(-c2ccc(Cl)cc2)n1. The molecule has 0 radical (unpaired) electrons. The first kappa shape index (κ1) is 20.5. The van der Waals surface area contributed by atoms with Gasteiger partial charge in [-0.05, 0) is 66.9 Å². The van der Waals surface area contributed by atoms with Crippen molar-refractivity contribution in [2.45, 2.75) is 4.90 Å². The summed E-state index contributed by atoms with van der Waals surface area (Å²) < 4.78 is 7.11. The van der Waals surface area contributed by atoms with Crippen LogP contribution in [0.2, 0.25) is 10.0 Å². The van der Waals surface area contributed by atoms with Crippen molar-refractivity contribution in [3.8, 4) is 23.1 Å². The zero-order valence-corrected chi connectivity index (χ0v) is 18.1. The summed E-state index contributed by atoms with van der Waals surface area (Å²) in [6.07, 6.45) is 1.90. The minimum Gasteiger partial charge on any atom is -0.386 e. The quantitative estimate of drug-likeness (QED) is 0.265. The lowest BCUT2D eigenvalue weighted by atomic mass is 10.2. The van der Waals surface area contributed by atoms with Crippen LogP contribution in [0.1, 0.15) is 10.4 Å². The van der Waals surface area contributed by atoms with E-state index in [1.165, 1.54) is 11.8 Å². The third kappa shape index (κ3) is 4.36. The van der Waals surface area contributed by atoms with E-state index in [0.717, 1.165) is 16.1 Å². The first-order valence-corrected chi connectivity index (χ1v) is 10.9. The Morgan fingerprint density at radius 1 is 0.933 bits per heavy atom. The molecule has 8 heteroatoms. The number of carbonyl (C=O) groups is 1. The summed E-state index contributed by atoms with van der Waals surface area (Å²) in [4.78, 5) is 18.0. The van der Waals surface area contributed by atoms with Crippen LogP contribution in [-0.2, 0) is 0 Å². The molecule has 0 N–H and O–H groups in total. The van der Waals surface area contributed by atoms with Crippen molar-refractivity contribution in [1.82, 2.24) is 14.8 Å². The molecule has 0 saturated carbocycles. The zero-order valence-electron chi connectivity index (χ0n) is 15.8. The van der Waals surface area contributed by atoms with Crippen LogP contribution in [0.25, 0.3) is 17.1 Å². The summed E-state index contributed by atoms with van der Waals surface area (Å²) >= 11 is 13.5. The van der Waals surface area contributed by atoms with Gasteiger partial charge in [0.2, 0.25) is 0 Å². The first-order valence-electron chi connectivity index (χ1n) is 8.89. The molecule has 0 amide bonds. The average molecular weight is 456 g/mol. The number of hydrogen-bond donors (Lipinski definition) is 0. The Morgan fingerprint density at radius 3 is 2.23 bits per heavy atom. The monoisotopic (exact) mass is 455 g/mol. The number of halogens is 2. The van der Waals surface area contributed by atoms with E-state index in [1.807, 2.05) is 42.7 Å². The minimum atomic E-state index is -0.518. The molecule has 3 aromatic carbocycles. The Hall–Kier alpha value is -2.80. The van der Waals surface area contributed by atoms with Gasteiger partial charge in [-0.3, -0.25) is 0 Å². The normalized spacial score (nSPS) is 10.8. The van der Waals surface area contributed by atoms with Gasteiger partial charge < -0.3 is 4.74 Å². The number of aromatic nitrogens is 3. The highest BCUT2D eigenvalue weighted by Crippen LogP contribution is 2.27. The molecule has 0 fully saturated rings. The number of rotatable bonds is 5. The van der Waals surface area contributed by atoms with Crippen molar-refractivity contribution in [2.75, 3.05) is 6.26 Å². The molecular weight excluding hydrogens is 441 g/mol. The minimum absolute atomic E-state index is 0.0455. The summed E-state index contributed by atoms with van der Waals surface area (Å²) in [7, 11) is 0. The van der Waals surface area contributed by atoms with Gasteiger partial charge in [-0.2, -0.15) is 4.98 Å². The third-order valence-electron chi connectivity index (χ3n) is 4.27. The fraction of sp³-hybridized carbons (Fsp3) is 0.0455. The van der Waals surface area contributed by atoms with E-state index in [0.29, 0.717) is 21.4 Å². The summed E-state index contributed by atoms with van der Waals surface area (Å²) in [6, 6.07) is 21.5. The third-order valence-corrected chi connectivity index (χ3v) is 5.57. The highest BCUT2D eigenvalue weighted by Gasteiger charge is 2.19. The van der Waals surface area contributed by atoms with Crippen molar-refractivity contribution < 1.29 is 9.53 Å². The van der Waals surface area contributed by atoms with E-state index in [-0.39, 0.29) is 6.01 Å². The maximum atomic E-state index is 12.7. The number of carbonyl (C=O) groups excluding carboxylic acids is 1. The van der Waals surface area contributed by atoms with E-state index in [2.05, 4.69) is 10.1 Å². The summed E-state index contributed by atoms with van der Waals surface area (Å²) in [5.74, 6) is -0.00852. The van der Waals surface area contributed by atoms with Crippen molar-refractivity contribution in [3.05, 3.63) is 88.4 Å². The molecule has 0 unspecified atom stereocenters. The number of benzene rings is 3. The summed E-state index contributed by atoms with van der Waals surface area (Å²) in [5.41, 5.74) is 1.96. The van der Waals surface area contributed by atoms with Crippen LogP contribution >= 0.6 is 35.0 Å². The Morgan fingerprint density at radius 2 is 1.57 bits per heavy atom. The summed E-state index contributed by atoms with van der Waals surface area (Å²) in [5, 5.41) is 5.62. The van der Waals surface area contributed by atoms with Gasteiger partial charge in [0.1, 0.15) is 0 Å². The van der Waals surface area contributed by atoms with Gasteiger partial charge in [-0.25, -0.2) is 9.48 Å². The predicted octanol–water partition coefficient (Wildman–Crippen LogP) is 6.18. The Bertz CT molecular complexity index is 1130. The maximum Gasteiger partial charge on any atom is 0.347 e. The molecule has 5 nitrogen and oxygen atoms in total. The van der Waals surface area contributed by atoms with Gasteiger partial charge in [0, 0.05) is 20.5 Å². The first-order chi connectivity index (χ1) is 14.5. The second-order valence-corrected chi connectivity index (χ2v) is 7.92. The molecule has 4 aromatic rings. The Balaban J connectivity index is 1.74. The number of ether oxygens (including phenoxy) is 1. The molecule has 0 aliphatic carbocycles. The largest absolute Gasteiger partial charge is 0.386 e. The lowest BCUT2D eigenvalue weighted by Crippen LogP contribution is -2.11. The van der Waals surface area contributed by atoms with Crippen LogP contribution < -0.4 is 4.74 Å². The van der Waals surface area contributed by atoms with Gasteiger partial charge in [-0.15, -0.1) is 16.9 Å². The smallest absolute Gasteiger partial charge is 0.347 e. The number of hydrogen-bond acceptors (Lipinski definition) is 5. The summed E-state index contributed by atoms with van der Waals surface area (Å²) in [6.45, 7) is 0. The standard InChI is InChI=1S/C22H15Cl2N3O2S/c1-30-19-5-3-2-4-18(19)21(28)29-22-25-20(14-6-8-15(23)9-7-14)27(26-22)17-12-10-16(24)11-13-17/h2-13H,1H3. The molecule has 150 valence electrons. The van der Waals surface area contributed by atoms with Crippen LogP contribution in [0.4, 0.5) is 0 Å². The van der Waals surface area contributed by atoms with Crippen LogP contribution in [0.5, 0.6) is 6.01 Å². The molecule has 0 aliphatic heterocycles. The van der Waals surface area contributed by atoms with E-state index in [9.17, 15) is 4.79 Å². The van der Waals surface area contributed by atoms with Gasteiger partial charge in [0.15, 0.2) is 5.82 Å². The Labute approximate surface area is 187 Å². The zero-order chi connectivity index (χ0) is 21.1. The molecule has 1 aromatic heterocycles. The number of esters is 1. The van der Waals surface area contributed by atoms with Crippen molar-refractivity contribution in [2.24, 2.45) is 0 Å². The molecule has 1 heterocycles. The van der Waals surface area contributed by atoms with Crippen LogP contribution in [0.3, 0.4) is 0 Å². The topological polar surface area (TPSA) is 57.0 Å². The molecule has 0 atom stereocenters. The van der Waals surface area contributed by atoms with Crippen molar-refractivity contribution in [3.63, 3.8) is 0 Å². The number of thioether (sulfide) groups is 1. The van der Waals surface area contributed by atoms with Gasteiger partial charge in [0.05, 0.1) is 11.3 Å². The highest BCUT2D eigenvalue weighted by atomic mass is 35.5. The molecule has 0 saturated heterocycles. The van der Waals surface area contributed by atoms with Crippen molar-refractivity contribution in [1.29, 1.82) is 0 Å². The lowest BCUT2D eigenvalue weighted by molar-refractivity contribution is 0.0716. The molecule has 0 aliphatic rings. The molecule has 0 spiro atoms. The van der Waals surface area contributed by atoms with E-state index < -0.39 is 5.97 Å². The van der Waals surface area contributed by atoms with E-state index in [4.69, 9.17) is 27.9 Å². The fourth-order valence-electron chi connectivity index (χ4n) is 2.84. The van der Waals surface area contributed by atoms with E-state index >= 15 is 0 Å². The maximum absolute atomic E-state index is 12.7. The van der Waals surface area contributed by atoms with Gasteiger partial charge in [-0.1, -0.05) is 35.3 Å².